The van der Waals surface area contributed by atoms with E-state index in [0.717, 1.165) is 38.5 Å². The minimum absolute atomic E-state index is 0.245. The third-order valence-electron chi connectivity index (χ3n) is 4.27. The van der Waals surface area contributed by atoms with Crippen molar-refractivity contribution in [3.05, 3.63) is 58.6 Å². The Morgan fingerprint density at radius 1 is 1.20 bits per heavy atom. The van der Waals surface area contributed by atoms with E-state index in [1.165, 1.54) is 17.6 Å². The predicted octanol–water partition coefficient (Wildman–Crippen LogP) is 2.02. The van der Waals surface area contributed by atoms with Gasteiger partial charge in [-0.1, -0.05) is 23.7 Å². The van der Waals surface area contributed by atoms with E-state index in [1.807, 2.05) is 24.3 Å². The van der Waals surface area contributed by atoms with Crippen LogP contribution in [0.15, 0.2) is 42.5 Å². The molecule has 2 aromatic carbocycles. The van der Waals surface area contributed by atoms with Crippen molar-refractivity contribution in [2.24, 2.45) is 0 Å². The van der Waals surface area contributed by atoms with Crippen LogP contribution in [-0.4, -0.2) is 39.3 Å². The van der Waals surface area contributed by atoms with Gasteiger partial charge in [0, 0.05) is 16.3 Å². The molecule has 1 aliphatic heterocycles. The van der Waals surface area contributed by atoms with Crippen molar-refractivity contribution in [3.63, 3.8) is 0 Å². The van der Waals surface area contributed by atoms with Crippen molar-refractivity contribution in [1.82, 2.24) is 0 Å². The highest BCUT2D eigenvalue weighted by molar-refractivity contribution is 6.31. The lowest BCUT2D eigenvalue weighted by Gasteiger charge is -2.23. The number of nitrogens with one attached hydrogen (secondary N) is 2. The highest BCUT2D eigenvalue weighted by Gasteiger charge is 2.15. The average Bonchev–Trinajstić information content (AvgIpc) is 2.64. The zero-order valence-corrected chi connectivity index (χ0v) is 14.9. The molecule has 0 bridgehead atoms. The molecule has 2 N–H and O–H groups in total. The summed E-state index contributed by atoms with van der Waals surface area (Å²) >= 11 is 5.99. The standard InChI is InChI=1S/C19H21ClN2O3/c1-24-18-7-4-15(20)12-17(18)19(23)21-16-5-2-14(3-6-16)13-22-8-10-25-11-9-22/h2-7,12H,8-11,13H2,1H3,(H,21,23)/p+1. The van der Waals surface area contributed by atoms with Gasteiger partial charge >= 0.3 is 0 Å². The van der Waals surface area contributed by atoms with Crippen molar-refractivity contribution >= 4 is 23.2 Å². The van der Waals surface area contributed by atoms with Crippen LogP contribution in [0, 0.1) is 0 Å². The molecule has 1 aliphatic rings. The summed E-state index contributed by atoms with van der Waals surface area (Å²) in [5.41, 5.74) is 2.40. The molecule has 1 amide bonds. The van der Waals surface area contributed by atoms with E-state index in [2.05, 4.69) is 5.32 Å². The molecule has 0 radical (unpaired) electrons. The lowest BCUT2D eigenvalue weighted by Crippen LogP contribution is -3.12. The van der Waals surface area contributed by atoms with Crippen molar-refractivity contribution < 1.29 is 19.2 Å². The lowest BCUT2D eigenvalue weighted by atomic mass is 10.1. The second-order valence-corrected chi connectivity index (χ2v) is 6.47. The first-order valence-corrected chi connectivity index (χ1v) is 8.68. The first-order chi connectivity index (χ1) is 12.2. The van der Waals surface area contributed by atoms with Crippen molar-refractivity contribution in [3.8, 4) is 5.75 Å². The van der Waals surface area contributed by atoms with Crippen LogP contribution in [0.25, 0.3) is 0 Å². The fourth-order valence-corrected chi connectivity index (χ4v) is 3.06. The monoisotopic (exact) mass is 361 g/mol. The number of morpholine rings is 1. The van der Waals surface area contributed by atoms with Gasteiger partial charge < -0.3 is 19.7 Å². The van der Waals surface area contributed by atoms with Crippen molar-refractivity contribution in [2.75, 3.05) is 38.7 Å². The molecule has 2 aromatic rings. The summed E-state index contributed by atoms with van der Waals surface area (Å²) in [6.45, 7) is 4.69. The van der Waals surface area contributed by atoms with Gasteiger partial charge in [0.25, 0.3) is 5.91 Å². The molecule has 0 unspecified atom stereocenters. The number of carbonyl (C=O) groups excluding carboxylic acids is 1. The Balaban J connectivity index is 1.65. The van der Waals surface area contributed by atoms with Crippen LogP contribution in [-0.2, 0) is 11.3 Å². The second kappa shape index (κ2) is 8.34. The van der Waals surface area contributed by atoms with Gasteiger partial charge in [0.15, 0.2) is 0 Å². The fraction of sp³-hybridized carbons (Fsp3) is 0.316. The summed E-state index contributed by atoms with van der Waals surface area (Å²) < 4.78 is 10.6. The molecule has 25 heavy (non-hydrogen) atoms. The molecule has 1 heterocycles. The number of amides is 1. The number of hydrogen-bond donors (Lipinski definition) is 2. The quantitative estimate of drug-likeness (QED) is 0.856. The molecule has 6 heteroatoms. The largest absolute Gasteiger partial charge is 0.496 e. The Bertz CT molecular complexity index is 728. The van der Waals surface area contributed by atoms with E-state index in [-0.39, 0.29) is 5.91 Å². The van der Waals surface area contributed by atoms with Gasteiger partial charge in [0.2, 0.25) is 0 Å². The average molecular weight is 362 g/mol. The van der Waals surface area contributed by atoms with E-state index in [4.69, 9.17) is 21.1 Å². The smallest absolute Gasteiger partial charge is 0.259 e. The number of hydrogen-bond acceptors (Lipinski definition) is 3. The molecular weight excluding hydrogens is 340 g/mol. The first kappa shape index (κ1) is 17.7. The maximum absolute atomic E-state index is 12.5. The highest BCUT2D eigenvalue weighted by atomic mass is 35.5. The van der Waals surface area contributed by atoms with Crippen LogP contribution in [0.5, 0.6) is 5.75 Å². The molecule has 3 rings (SSSR count). The Morgan fingerprint density at radius 3 is 2.60 bits per heavy atom. The first-order valence-electron chi connectivity index (χ1n) is 8.31. The van der Waals surface area contributed by atoms with Gasteiger partial charge in [-0.05, 0) is 30.3 Å². The molecule has 1 fully saturated rings. The molecule has 132 valence electrons. The van der Waals surface area contributed by atoms with Crippen LogP contribution in [0.4, 0.5) is 5.69 Å². The van der Waals surface area contributed by atoms with Crippen LogP contribution in [0.2, 0.25) is 5.02 Å². The van der Waals surface area contributed by atoms with Crippen LogP contribution < -0.4 is 15.0 Å². The summed E-state index contributed by atoms with van der Waals surface area (Å²) in [6.07, 6.45) is 0. The fourth-order valence-electron chi connectivity index (χ4n) is 2.89. The Morgan fingerprint density at radius 2 is 1.92 bits per heavy atom. The Labute approximate surface area is 152 Å². The van der Waals surface area contributed by atoms with Crippen molar-refractivity contribution in [1.29, 1.82) is 0 Å². The van der Waals surface area contributed by atoms with E-state index in [1.54, 1.807) is 18.2 Å². The zero-order chi connectivity index (χ0) is 17.6. The third-order valence-corrected chi connectivity index (χ3v) is 4.51. The number of halogens is 1. The minimum Gasteiger partial charge on any atom is -0.496 e. The number of quaternary nitrogens is 1. The van der Waals surface area contributed by atoms with Gasteiger partial charge in [-0.2, -0.15) is 0 Å². The molecule has 0 aliphatic carbocycles. The summed E-state index contributed by atoms with van der Waals surface area (Å²) in [6, 6.07) is 12.9. The number of anilines is 1. The maximum Gasteiger partial charge on any atom is 0.259 e. The predicted molar refractivity (Wildman–Crippen MR) is 97.6 cm³/mol. The van der Waals surface area contributed by atoms with Crippen molar-refractivity contribution in [2.45, 2.75) is 6.54 Å². The van der Waals surface area contributed by atoms with Crippen LogP contribution in [0.3, 0.4) is 0 Å². The number of methoxy groups -OCH3 is 1. The molecule has 0 atom stereocenters. The Hall–Kier alpha value is -2.08. The van der Waals surface area contributed by atoms with Gasteiger partial charge in [-0.25, -0.2) is 0 Å². The minimum atomic E-state index is -0.245. The summed E-state index contributed by atoms with van der Waals surface area (Å²) in [4.78, 5) is 14.0. The number of rotatable bonds is 5. The van der Waals surface area contributed by atoms with Gasteiger partial charge in [-0.15, -0.1) is 0 Å². The van der Waals surface area contributed by atoms with E-state index >= 15 is 0 Å². The van der Waals surface area contributed by atoms with Gasteiger partial charge in [0.1, 0.15) is 25.4 Å². The van der Waals surface area contributed by atoms with E-state index in [0.29, 0.717) is 16.3 Å². The normalized spacial score (nSPS) is 15.0. The SMILES string of the molecule is COc1ccc(Cl)cc1C(=O)Nc1ccc(C[NH+]2CCOCC2)cc1. The molecule has 0 spiro atoms. The van der Waals surface area contributed by atoms with Gasteiger partial charge in [-0.3, -0.25) is 4.79 Å². The molecule has 0 saturated carbocycles. The molecule has 1 saturated heterocycles. The van der Waals surface area contributed by atoms with Crippen LogP contribution >= 0.6 is 11.6 Å². The van der Waals surface area contributed by atoms with E-state index in [9.17, 15) is 4.79 Å². The Kier molecular flexibility index (Phi) is 5.91. The van der Waals surface area contributed by atoms with Gasteiger partial charge in [0.05, 0.1) is 25.9 Å². The third kappa shape index (κ3) is 4.72. The molecular formula is C19H22ClN2O3+. The topological polar surface area (TPSA) is 52.0 Å². The second-order valence-electron chi connectivity index (χ2n) is 6.03. The number of ether oxygens (including phenoxy) is 2. The summed E-state index contributed by atoms with van der Waals surface area (Å²) in [7, 11) is 1.53. The molecule has 5 nitrogen and oxygen atoms in total. The molecule has 0 aromatic heterocycles. The lowest BCUT2D eigenvalue weighted by molar-refractivity contribution is -0.921. The maximum atomic E-state index is 12.5. The summed E-state index contributed by atoms with van der Waals surface area (Å²) in [5, 5.41) is 3.38. The number of carbonyl (C=O) groups is 1. The highest BCUT2D eigenvalue weighted by Crippen LogP contribution is 2.23. The number of benzene rings is 2. The zero-order valence-electron chi connectivity index (χ0n) is 14.2. The summed E-state index contributed by atoms with van der Waals surface area (Å²) in [5.74, 6) is 0.250. The van der Waals surface area contributed by atoms with E-state index < -0.39 is 0 Å². The van der Waals surface area contributed by atoms with Crippen LogP contribution in [0.1, 0.15) is 15.9 Å².